The topological polar surface area (TPSA) is 26.3 Å². The van der Waals surface area contributed by atoms with Crippen LogP contribution in [-0.2, 0) is 9.53 Å². The Morgan fingerprint density at radius 1 is 1.33 bits per heavy atom. The third-order valence-electron chi connectivity index (χ3n) is 3.51. The van der Waals surface area contributed by atoms with Gasteiger partial charge in [0.05, 0.1) is 7.11 Å². The SMILES string of the molecule is COC(=O)C1=CC2CCC(C)C=CC2C1. The summed E-state index contributed by atoms with van der Waals surface area (Å²) in [6, 6.07) is 0. The number of hydrogen-bond acceptors (Lipinski definition) is 2. The molecule has 0 aromatic carbocycles. The fraction of sp³-hybridized carbons (Fsp3) is 0.615. The first kappa shape index (κ1) is 10.5. The Labute approximate surface area is 91.0 Å². The number of carbonyl (C=O) groups excluding carboxylic acids is 1. The first-order valence-electron chi connectivity index (χ1n) is 5.68. The lowest BCUT2D eigenvalue weighted by Gasteiger charge is -2.12. The molecule has 0 bridgehead atoms. The largest absolute Gasteiger partial charge is 0.466 e. The number of esters is 1. The van der Waals surface area contributed by atoms with Gasteiger partial charge in [0.2, 0.25) is 0 Å². The molecule has 15 heavy (non-hydrogen) atoms. The second-order valence-corrected chi connectivity index (χ2v) is 4.65. The Bertz CT molecular complexity index is 314. The van der Waals surface area contributed by atoms with Crippen molar-refractivity contribution in [2.45, 2.75) is 26.2 Å². The van der Waals surface area contributed by atoms with Crippen LogP contribution < -0.4 is 0 Å². The normalized spacial score (nSPS) is 34.3. The maximum absolute atomic E-state index is 11.4. The van der Waals surface area contributed by atoms with Gasteiger partial charge in [-0.3, -0.25) is 0 Å². The first-order chi connectivity index (χ1) is 7.20. The van der Waals surface area contributed by atoms with Crippen LogP contribution in [0.15, 0.2) is 23.8 Å². The van der Waals surface area contributed by atoms with Crippen molar-refractivity contribution in [2.75, 3.05) is 7.11 Å². The minimum absolute atomic E-state index is 0.149. The molecule has 2 aliphatic rings. The summed E-state index contributed by atoms with van der Waals surface area (Å²) in [5, 5.41) is 0. The Balaban J connectivity index is 2.09. The Morgan fingerprint density at radius 2 is 2.13 bits per heavy atom. The summed E-state index contributed by atoms with van der Waals surface area (Å²) in [4.78, 5) is 11.4. The van der Waals surface area contributed by atoms with Crippen molar-refractivity contribution in [3.05, 3.63) is 23.8 Å². The minimum atomic E-state index is -0.149. The summed E-state index contributed by atoms with van der Waals surface area (Å²) >= 11 is 0. The third-order valence-corrected chi connectivity index (χ3v) is 3.51. The van der Waals surface area contributed by atoms with Crippen LogP contribution in [-0.4, -0.2) is 13.1 Å². The summed E-state index contributed by atoms with van der Waals surface area (Å²) in [7, 11) is 1.45. The number of methoxy groups -OCH3 is 1. The van der Waals surface area contributed by atoms with Gasteiger partial charge >= 0.3 is 5.97 Å². The molecule has 0 saturated carbocycles. The molecule has 0 amide bonds. The van der Waals surface area contributed by atoms with Crippen LogP contribution in [0.25, 0.3) is 0 Å². The number of carbonyl (C=O) groups is 1. The molecule has 0 aliphatic heterocycles. The number of rotatable bonds is 1. The maximum atomic E-state index is 11.4. The molecule has 82 valence electrons. The van der Waals surface area contributed by atoms with E-state index in [2.05, 4.69) is 25.2 Å². The zero-order valence-corrected chi connectivity index (χ0v) is 9.40. The van der Waals surface area contributed by atoms with Crippen LogP contribution in [0.1, 0.15) is 26.2 Å². The summed E-state index contributed by atoms with van der Waals surface area (Å²) in [6.45, 7) is 2.25. The molecule has 0 aromatic heterocycles. The van der Waals surface area contributed by atoms with Gasteiger partial charge in [-0.15, -0.1) is 0 Å². The van der Waals surface area contributed by atoms with E-state index in [1.54, 1.807) is 0 Å². The summed E-state index contributed by atoms with van der Waals surface area (Å²) in [5.41, 5.74) is 0.867. The van der Waals surface area contributed by atoms with E-state index in [-0.39, 0.29) is 5.97 Å². The van der Waals surface area contributed by atoms with Crippen molar-refractivity contribution < 1.29 is 9.53 Å². The molecule has 2 heteroatoms. The van der Waals surface area contributed by atoms with Gasteiger partial charge in [-0.25, -0.2) is 4.79 Å². The third kappa shape index (κ3) is 2.14. The fourth-order valence-corrected chi connectivity index (χ4v) is 2.53. The van der Waals surface area contributed by atoms with Crippen LogP contribution >= 0.6 is 0 Å². The molecule has 2 nitrogen and oxygen atoms in total. The predicted molar refractivity (Wildman–Crippen MR) is 59.2 cm³/mol. The molecule has 0 aromatic rings. The van der Waals surface area contributed by atoms with E-state index in [9.17, 15) is 4.79 Å². The Hall–Kier alpha value is -1.05. The van der Waals surface area contributed by atoms with Crippen LogP contribution in [0.2, 0.25) is 0 Å². The average molecular weight is 206 g/mol. The van der Waals surface area contributed by atoms with E-state index >= 15 is 0 Å². The number of ether oxygens (including phenoxy) is 1. The molecule has 3 unspecified atom stereocenters. The standard InChI is InChI=1S/C13H18O2/c1-9-3-5-10-7-12(13(14)15-2)8-11(10)6-4-9/h3,5,8-11H,4,6-7H2,1-2H3. The van der Waals surface area contributed by atoms with Gasteiger partial charge in [0.1, 0.15) is 0 Å². The summed E-state index contributed by atoms with van der Waals surface area (Å²) in [5.74, 6) is 1.62. The highest BCUT2D eigenvalue weighted by Gasteiger charge is 2.30. The highest BCUT2D eigenvalue weighted by Crippen LogP contribution is 2.38. The van der Waals surface area contributed by atoms with Gasteiger partial charge in [0.15, 0.2) is 0 Å². The van der Waals surface area contributed by atoms with E-state index in [1.165, 1.54) is 20.0 Å². The molecule has 2 rings (SSSR count). The smallest absolute Gasteiger partial charge is 0.333 e. The van der Waals surface area contributed by atoms with Crippen LogP contribution in [0, 0.1) is 17.8 Å². The number of fused-ring (bicyclic) bond motifs is 1. The zero-order chi connectivity index (χ0) is 10.8. The molecular formula is C13H18O2. The minimum Gasteiger partial charge on any atom is -0.466 e. The van der Waals surface area contributed by atoms with Gasteiger partial charge in [-0.2, -0.15) is 0 Å². The highest BCUT2D eigenvalue weighted by molar-refractivity contribution is 5.89. The molecule has 0 N–H and O–H groups in total. The predicted octanol–water partition coefficient (Wildman–Crippen LogP) is 2.71. The van der Waals surface area contributed by atoms with E-state index in [0.717, 1.165) is 12.0 Å². The zero-order valence-electron chi connectivity index (χ0n) is 9.40. The second kappa shape index (κ2) is 4.21. The van der Waals surface area contributed by atoms with Gasteiger partial charge in [0.25, 0.3) is 0 Å². The van der Waals surface area contributed by atoms with E-state index in [1.807, 2.05) is 0 Å². The van der Waals surface area contributed by atoms with Crippen molar-refractivity contribution >= 4 is 5.97 Å². The Morgan fingerprint density at radius 3 is 2.87 bits per heavy atom. The second-order valence-electron chi connectivity index (χ2n) is 4.65. The molecule has 0 saturated heterocycles. The molecule has 0 radical (unpaired) electrons. The monoisotopic (exact) mass is 206 g/mol. The lowest BCUT2D eigenvalue weighted by atomic mass is 9.92. The van der Waals surface area contributed by atoms with Crippen molar-refractivity contribution in [1.82, 2.24) is 0 Å². The van der Waals surface area contributed by atoms with Crippen molar-refractivity contribution in [3.63, 3.8) is 0 Å². The first-order valence-corrected chi connectivity index (χ1v) is 5.68. The average Bonchev–Trinajstić information content (AvgIpc) is 2.58. The van der Waals surface area contributed by atoms with Gasteiger partial charge in [-0.1, -0.05) is 25.2 Å². The molecule has 0 heterocycles. The molecule has 0 spiro atoms. The lowest BCUT2D eigenvalue weighted by molar-refractivity contribution is -0.136. The van der Waals surface area contributed by atoms with Crippen LogP contribution in [0.4, 0.5) is 0 Å². The van der Waals surface area contributed by atoms with Crippen molar-refractivity contribution in [2.24, 2.45) is 17.8 Å². The summed E-state index contributed by atoms with van der Waals surface area (Å²) < 4.78 is 4.76. The van der Waals surface area contributed by atoms with Crippen molar-refractivity contribution in [3.8, 4) is 0 Å². The van der Waals surface area contributed by atoms with Crippen LogP contribution in [0.3, 0.4) is 0 Å². The lowest BCUT2D eigenvalue weighted by Crippen LogP contribution is -2.05. The van der Waals surface area contributed by atoms with Gasteiger partial charge < -0.3 is 4.74 Å². The number of hydrogen-bond donors (Lipinski definition) is 0. The van der Waals surface area contributed by atoms with Crippen LogP contribution in [0.5, 0.6) is 0 Å². The van der Waals surface area contributed by atoms with E-state index in [4.69, 9.17) is 4.74 Å². The van der Waals surface area contributed by atoms with Gasteiger partial charge in [0, 0.05) is 5.57 Å². The summed E-state index contributed by atoms with van der Waals surface area (Å²) in [6.07, 6.45) is 9.98. The highest BCUT2D eigenvalue weighted by atomic mass is 16.5. The van der Waals surface area contributed by atoms with E-state index < -0.39 is 0 Å². The molecule has 0 fully saturated rings. The molecule has 3 atom stereocenters. The Kier molecular flexibility index (Phi) is 2.94. The molecule has 2 aliphatic carbocycles. The molecular weight excluding hydrogens is 188 g/mol. The number of allylic oxidation sites excluding steroid dienone is 3. The van der Waals surface area contributed by atoms with E-state index in [0.29, 0.717) is 17.8 Å². The quantitative estimate of drug-likeness (QED) is 0.487. The maximum Gasteiger partial charge on any atom is 0.333 e. The van der Waals surface area contributed by atoms with Crippen molar-refractivity contribution in [1.29, 1.82) is 0 Å². The van der Waals surface area contributed by atoms with Gasteiger partial charge in [-0.05, 0) is 37.0 Å². The fourth-order valence-electron chi connectivity index (χ4n) is 2.53.